The van der Waals surface area contributed by atoms with Gasteiger partial charge in [-0.2, -0.15) is 0 Å². The molecule has 0 radical (unpaired) electrons. The summed E-state index contributed by atoms with van der Waals surface area (Å²) in [6, 6.07) is 8.41. The highest BCUT2D eigenvalue weighted by Crippen LogP contribution is 2.18. The van der Waals surface area contributed by atoms with Gasteiger partial charge in [0.2, 0.25) is 0 Å². The van der Waals surface area contributed by atoms with Crippen LogP contribution in [0, 0.1) is 6.92 Å². The van der Waals surface area contributed by atoms with Crippen molar-refractivity contribution in [3.8, 4) is 5.69 Å². The van der Waals surface area contributed by atoms with Gasteiger partial charge in [0.1, 0.15) is 0 Å². The number of imidazole rings is 1. The molecule has 3 nitrogen and oxygen atoms in total. The first-order valence-corrected chi connectivity index (χ1v) is 5.51. The van der Waals surface area contributed by atoms with E-state index in [9.17, 15) is 0 Å². The maximum absolute atomic E-state index is 5.69. The summed E-state index contributed by atoms with van der Waals surface area (Å²) in [5.74, 6) is 0.323. The minimum Gasteiger partial charge on any atom is -0.330 e. The Hall–Kier alpha value is -1.61. The van der Waals surface area contributed by atoms with Crippen LogP contribution in [0.1, 0.15) is 24.1 Å². The van der Waals surface area contributed by atoms with E-state index >= 15 is 0 Å². The summed E-state index contributed by atoms with van der Waals surface area (Å²) in [7, 11) is 0. The average molecular weight is 215 g/mol. The van der Waals surface area contributed by atoms with Crippen LogP contribution in [0.3, 0.4) is 0 Å². The van der Waals surface area contributed by atoms with Gasteiger partial charge >= 0.3 is 0 Å². The lowest BCUT2D eigenvalue weighted by Gasteiger charge is -2.12. The molecule has 0 aliphatic carbocycles. The fourth-order valence-corrected chi connectivity index (χ4v) is 1.71. The van der Waals surface area contributed by atoms with Gasteiger partial charge in [0.25, 0.3) is 0 Å². The van der Waals surface area contributed by atoms with Gasteiger partial charge in [0.05, 0.1) is 6.33 Å². The van der Waals surface area contributed by atoms with Crippen LogP contribution in [-0.2, 0) is 0 Å². The topological polar surface area (TPSA) is 43.8 Å². The zero-order chi connectivity index (χ0) is 11.5. The molecule has 84 valence electrons. The van der Waals surface area contributed by atoms with Gasteiger partial charge in [0, 0.05) is 30.0 Å². The van der Waals surface area contributed by atoms with E-state index in [-0.39, 0.29) is 0 Å². The molecular formula is C13H17N3. The van der Waals surface area contributed by atoms with E-state index in [0.29, 0.717) is 12.5 Å². The molecule has 16 heavy (non-hydrogen) atoms. The number of nitrogens with two attached hydrogens (primary N) is 1. The van der Waals surface area contributed by atoms with Crippen molar-refractivity contribution >= 4 is 0 Å². The fraction of sp³-hybridized carbons (Fsp3) is 0.308. The largest absolute Gasteiger partial charge is 0.330 e. The van der Waals surface area contributed by atoms with Gasteiger partial charge in [-0.15, -0.1) is 0 Å². The van der Waals surface area contributed by atoms with Crippen molar-refractivity contribution in [3.05, 3.63) is 48.0 Å². The van der Waals surface area contributed by atoms with E-state index in [1.165, 1.54) is 5.56 Å². The molecule has 1 heterocycles. The lowest BCUT2D eigenvalue weighted by molar-refractivity contribution is 0.723. The number of rotatable bonds is 3. The minimum atomic E-state index is 0.323. The average Bonchev–Trinajstić information content (AvgIpc) is 2.78. The predicted octanol–water partition coefficient (Wildman–Crippen LogP) is 2.24. The molecule has 0 bridgehead atoms. The third-order valence-electron chi connectivity index (χ3n) is 2.84. The van der Waals surface area contributed by atoms with E-state index in [1.54, 1.807) is 0 Å². The lowest BCUT2D eigenvalue weighted by atomic mass is 10.1. The molecule has 2 rings (SSSR count). The molecule has 1 aromatic carbocycles. The van der Waals surface area contributed by atoms with E-state index < -0.39 is 0 Å². The van der Waals surface area contributed by atoms with Gasteiger partial charge < -0.3 is 10.3 Å². The zero-order valence-corrected chi connectivity index (χ0v) is 9.72. The second-order valence-electron chi connectivity index (χ2n) is 4.16. The minimum absolute atomic E-state index is 0.323. The van der Waals surface area contributed by atoms with Crippen molar-refractivity contribution in [3.63, 3.8) is 0 Å². The summed E-state index contributed by atoms with van der Waals surface area (Å²) in [6.07, 6.45) is 3.73. The van der Waals surface area contributed by atoms with Crippen LogP contribution in [0.5, 0.6) is 0 Å². The molecule has 0 fully saturated rings. The van der Waals surface area contributed by atoms with E-state index in [2.05, 4.69) is 47.7 Å². The summed E-state index contributed by atoms with van der Waals surface area (Å²) >= 11 is 0. The van der Waals surface area contributed by atoms with Gasteiger partial charge in [-0.3, -0.25) is 0 Å². The van der Waals surface area contributed by atoms with E-state index in [1.807, 2.05) is 12.5 Å². The Labute approximate surface area is 95.9 Å². The highest BCUT2D eigenvalue weighted by atomic mass is 15.1. The monoisotopic (exact) mass is 215 g/mol. The van der Waals surface area contributed by atoms with E-state index in [0.717, 1.165) is 11.4 Å². The highest BCUT2D eigenvalue weighted by molar-refractivity contribution is 5.36. The van der Waals surface area contributed by atoms with Crippen LogP contribution in [0.15, 0.2) is 36.8 Å². The standard InChI is InChI=1S/C13H17N3/c1-10-3-5-12(6-4-10)16-9-15-8-13(16)11(2)7-14/h3-6,8-9,11H,7,14H2,1-2H3. The number of benzene rings is 1. The van der Waals surface area contributed by atoms with Crippen LogP contribution in [0.2, 0.25) is 0 Å². The first-order valence-electron chi connectivity index (χ1n) is 5.51. The SMILES string of the molecule is Cc1ccc(-n2cncc2C(C)CN)cc1. The fourth-order valence-electron chi connectivity index (χ4n) is 1.71. The zero-order valence-electron chi connectivity index (χ0n) is 9.72. The van der Waals surface area contributed by atoms with Crippen molar-refractivity contribution in [2.45, 2.75) is 19.8 Å². The Morgan fingerprint density at radius 2 is 2.00 bits per heavy atom. The molecule has 1 unspecified atom stereocenters. The maximum Gasteiger partial charge on any atom is 0.0994 e. The molecule has 0 saturated heterocycles. The van der Waals surface area contributed by atoms with Crippen LogP contribution < -0.4 is 5.73 Å². The van der Waals surface area contributed by atoms with Crippen molar-refractivity contribution < 1.29 is 0 Å². The van der Waals surface area contributed by atoms with Gasteiger partial charge in [-0.05, 0) is 19.1 Å². The Balaban J connectivity index is 2.40. The second-order valence-corrected chi connectivity index (χ2v) is 4.16. The number of hydrogen-bond donors (Lipinski definition) is 1. The van der Waals surface area contributed by atoms with Gasteiger partial charge in [0.15, 0.2) is 0 Å². The van der Waals surface area contributed by atoms with Crippen molar-refractivity contribution in [2.75, 3.05) is 6.54 Å². The smallest absolute Gasteiger partial charge is 0.0994 e. The molecule has 2 aromatic rings. The second kappa shape index (κ2) is 4.49. The third kappa shape index (κ3) is 1.99. The quantitative estimate of drug-likeness (QED) is 0.853. The van der Waals surface area contributed by atoms with Crippen LogP contribution >= 0.6 is 0 Å². The molecular weight excluding hydrogens is 198 g/mol. The number of aryl methyl sites for hydroxylation is 1. The third-order valence-corrected chi connectivity index (χ3v) is 2.84. The normalized spacial score (nSPS) is 12.7. The van der Waals surface area contributed by atoms with Crippen LogP contribution in [0.25, 0.3) is 5.69 Å². The first kappa shape index (κ1) is 10.9. The lowest BCUT2D eigenvalue weighted by Crippen LogP contribution is -2.12. The molecule has 1 aromatic heterocycles. The van der Waals surface area contributed by atoms with E-state index in [4.69, 9.17) is 5.73 Å². The first-order chi connectivity index (χ1) is 7.72. The number of nitrogens with zero attached hydrogens (tertiary/aromatic N) is 2. The molecule has 1 atom stereocenters. The summed E-state index contributed by atoms with van der Waals surface area (Å²) in [4.78, 5) is 4.20. The molecule has 2 N–H and O–H groups in total. The summed E-state index contributed by atoms with van der Waals surface area (Å²) in [6.45, 7) is 4.83. The molecule has 0 saturated carbocycles. The summed E-state index contributed by atoms with van der Waals surface area (Å²) in [5.41, 5.74) is 9.25. The molecule has 0 amide bonds. The Morgan fingerprint density at radius 3 is 2.62 bits per heavy atom. The molecule has 0 aliphatic rings. The van der Waals surface area contributed by atoms with Crippen LogP contribution in [-0.4, -0.2) is 16.1 Å². The van der Waals surface area contributed by atoms with Gasteiger partial charge in [-0.25, -0.2) is 4.98 Å². The Morgan fingerprint density at radius 1 is 1.31 bits per heavy atom. The van der Waals surface area contributed by atoms with Gasteiger partial charge in [-0.1, -0.05) is 24.6 Å². The number of hydrogen-bond acceptors (Lipinski definition) is 2. The summed E-state index contributed by atoms with van der Waals surface area (Å²) < 4.78 is 2.09. The number of aromatic nitrogens is 2. The maximum atomic E-state index is 5.69. The molecule has 0 aliphatic heterocycles. The summed E-state index contributed by atoms with van der Waals surface area (Å²) in [5, 5.41) is 0. The Bertz CT molecular complexity index is 456. The molecule has 3 heteroatoms. The van der Waals surface area contributed by atoms with Crippen molar-refractivity contribution in [2.24, 2.45) is 5.73 Å². The molecule has 0 spiro atoms. The van der Waals surface area contributed by atoms with Crippen molar-refractivity contribution in [1.29, 1.82) is 0 Å². The predicted molar refractivity (Wildman–Crippen MR) is 65.8 cm³/mol. The van der Waals surface area contributed by atoms with Crippen LogP contribution in [0.4, 0.5) is 0 Å². The Kier molecular flexibility index (Phi) is 3.06. The van der Waals surface area contributed by atoms with Crippen molar-refractivity contribution in [1.82, 2.24) is 9.55 Å². The highest BCUT2D eigenvalue weighted by Gasteiger charge is 2.10.